The highest BCUT2D eigenvalue weighted by Crippen LogP contribution is 2.40. The van der Waals surface area contributed by atoms with Crippen LogP contribution in [0.2, 0.25) is 0 Å². The van der Waals surface area contributed by atoms with Gasteiger partial charge in [0.15, 0.2) is 0 Å². The van der Waals surface area contributed by atoms with Crippen molar-refractivity contribution in [2.75, 3.05) is 19.6 Å². The summed E-state index contributed by atoms with van der Waals surface area (Å²) in [4.78, 5) is 2.79. The summed E-state index contributed by atoms with van der Waals surface area (Å²) >= 11 is 0. The molecule has 21 heavy (non-hydrogen) atoms. The van der Waals surface area contributed by atoms with E-state index in [0.717, 1.165) is 12.5 Å². The van der Waals surface area contributed by atoms with Gasteiger partial charge in [0.25, 0.3) is 0 Å². The first-order chi connectivity index (χ1) is 10.1. The first-order valence-electron chi connectivity index (χ1n) is 8.66. The van der Waals surface area contributed by atoms with Crippen LogP contribution in [0.1, 0.15) is 45.1 Å². The fourth-order valence-electron chi connectivity index (χ4n) is 4.33. The smallest absolute Gasteiger partial charge is 0.0235 e. The maximum Gasteiger partial charge on any atom is 0.0235 e. The molecule has 2 atom stereocenters. The fraction of sp³-hybridized carbons (Fsp3) is 0.684. The van der Waals surface area contributed by atoms with E-state index in [4.69, 9.17) is 0 Å². The molecule has 0 spiro atoms. The van der Waals surface area contributed by atoms with Crippen LogP contribution in [-0.4, -0.2) is 36.6 Å². The van der Waals surface area contributed by atoms with Gasteiger partial charge in [0.2, 0.25) is 0 Å². The average Bonchev–Trinajstić information content (AvgIpc) is 2.69. The van der Waals surface area contributed by atoms with Crippen molar-refractivity contribution >= 4 is 0 Å². The molecular weight excluding hydrogens is 256 g/mol. The number of rotatable bonds is 3. The molecule has 116 valence electrons. The highest BCUT2D eigenvalue weighted by Gasteiger charge is 2.39. The van der Waals surface area contributed by atoms with E-state index >= 15 is 0 Å². The highest BCUT2D eigenvalue weighted by molar-refractivity contribution is 5.16. The number of benzene rings is 1. The lowest BCUT2D eigenvalue weighted by atomic mass is 9.86. The molecule has 1 saturated carbocycles. The van der Waals surface area contributed by atoms with E-state index in [1.807, 2.05) is 0 Å². The number of nitrogens with zero attached hydrogens (tertiary/aromatic N) is 1. The van der Waals surface area contributed by atoms with E-state index < -0.39 is 0 Å². The summed E-state index contributed by atoms with van der Waals surface area (Å²) in [6.07, 6.45) is 6.64. The van der Waals surface area contributed by atoms with Crippen LogP contribution in [0.25, 0.3) is 0 Å². The third-order valence-corrected chi connectivity index (χ3v) is 5.48. The molecule has 0 radical (unpaired) electrons. The van der Waals surface area contributed by atoms with Crippen LogP contribution in [-0.2, 0) is 6.42 Å². The second-order valence-electron chi connectivity index (χ2n) is 7.59. The standard InChI is InChI=1S/C19H30N2/c1-19(2)11-6-10-18(19)21-13-7-12-20-17(15-21)14-16-8-4-3-5-9-16/h3-5,8-9,17-18,20H,6-7,10-15H2,1-2H3. The number of nitrogens with one attached hydrogen (secondary N) is 1. The molecule has 1 aromatic rings. The van der Waals surface area contributed by atoms with Gasteiger partial charge in [-0.1, -0.05) is 50.6 Å². The third kappa shape index (κ3) is 3.67. The van der Waals surface area contributed by atoms with Crippen LogP contribution < -0.4 is 5.32 Å². The van der Waals surface area contributed by atoms with Gasteiger partial charge in [-0.15, -0.1) is 0 Å². The Morgan fingerprint density at radius 3 is 2.71 bits per heavy atom. The largest absolute Gasteiger partial charge is 0.312 e. The summed E-state index contributed by atoms with van der Waals surface area (Å²) < 4.78 is 0. The summed E-state index contributed by atoms with van der Waals surface area (Å²) in [5.74, 6) is 0. The van der Waals surface area contributed by atoms with Crippen LogP contribution in [0.5, 0.6) is 0 Å². The van der Waals surface area contributed by atoms with E-state index in [1.165, 1.54) is 50.9 Å². The van der Waals surface area contributed by atoms with Gasteiger partial charge in [-0.2, -0.15) is 0 Å². The Kier molecular flexibility index (Phi) is 4.66. The molecular formula is C19H30N2. The first kappa shape index (κ1) is 15.1. The Hall–Kier alpha value is -0.860. The molecule has 0 bridgehead atoms. The zero-order valence-corrected chi connectivity index (χ0v) is 13.6. The summed E-state index contributed by atoms with van der Waals surface area (Å²) in [7, 11) is 0. The minimum absolute atomic E-state index is 0.502. The van der Waals surface area contributed by atoms with Gasteiger partial charge >= 0.3 is 0 Å². The quantitative estimate of drug-likeness (QED) is 0.915. The van der Waals surface area contributed by atoms with E-state index in [0.29, 0.717) is 11.5 Å². The van der Waals surface area contributed by atoms with Gasteiger partial charge < -0.3 is 5.32 Å². The fourth-order valence-corrected chi connectivity index (χ4v) is 4.33. The average molecular weight is 286 g/mol. The number of hydrogen-bond donors (Lipinski definition) is 1. The van der Waals surface area contributed by atoms with Gasteiger partial charge in [0, 0.05) is 18.6 Å². The molecule has 2 heteroatoms. The molecule has 2 unspecified atom stereocenters. The normalized spacial score (nSPS) is 30.2. The maximum absolute atomic E-state index is 3.77. The molecule has 2 fully saturated rings. The minimum atomic E-state index is 0.502. The molecule has 1 aromatic carbocycles. The molecule has 2 aliphatic rings. The Morgan fingerprint density at radius 2 is 2.00 bits per heavy atom. The van der Waals surface area contributed by atoms with Crippen LogP contribution in [0, 0.1) is 5.41 Å². The third-order valence-electron chi connectivity index (χ3n) is 5.48. The zero-order valence-electron chi connectivity index (χ0n) is 13.6. The van der Waals surface area contributed by atoms with Crippen LogP contribution in [0.15, 0.2) is 30.3 Å². The van der Waals surface area contributed by atoms with Crippen molar-refractivity contribution in [1.29, 1.82) is 0 Å². The molecule has 1 heterocycles. The van der Waals surface area contributed by atoms with E-state index in [2.05, 4.69) is 54.4 Å². The lowest BCUT2D eigenvalue weighted by Gasteiger charge is -2.38. The van der Waals surface area contributed by atoms with E-state index in [9.17, 15) is 0 Å². The molecule has 3 rings (SSSR count). The van der Waals surface area contributed by atoms with Gasteiger partial charge in [-0.25, -0.2) is 0 Å². The number of hydrogen-bond acceptors (Lipinski definition) is 2. The first-order valence-corrected chi connectivity index (χ1v) is 8.66. The monoisotopic (exact) mass is 286 g/mol. The van der Waals surface area contributed by atoms with Gasteiger partial charge in [-0.3, -0.25) is 4.90 Å². The van der Waals surface area contributed by atoms with Crippen molar-refractivity contribution in [3.63, 3.8) is 0 Å². The second kappa shape index (κ2) is 6.50. The van der Waals surface area contributed by atoms with Crippen molar-refractivity contribution < 1.29 is 0 Å². The summed E-state index contributed by atoms with van der Waals surface area (Å²) in [6.45, 7) is 8.58. The minimum Gasteiger partial charge on any atom is -0.312 e. The molecule has 1 aliphatic carbocycles. The Bertz CT molecular complexity index is 440. The molecule has 0 aromatic heterocycles. The summed E-state index contributed by atoms with van der Waals surface area (Å²) in [5, 5.41) is 3.77. The predicted molar refractivity (Wildman–Crippen MR) is 89.5 cm³/mol. The topological polar surface area (TPSA) is 15.3 Å². The molecule has 1 aliphatic heterocycles. The predicted octanol–water partition coefficient (Wildman–Crippen LogP) is 3.47. The Labute approximate surface area is 129 Å². The van der Waals surface area contributed by atoms with Crippen molar-refractivity contribution in [1.82, 2.24) is 10.2 Å². The molecule has 1 saturated heterocycles. The van der Waals surface area contributed by atoms with Crippen LogP contribution in [0.4, 0.5) is 0 Å². The van der Waals surface area contributed by atoms with Gasteiger partial charge in [-0.05, 0) is 49.8 Å². The lowest BCUT2D eigenvalue weighted by Crippen LogP contribution is -2.47. The second-order valence-corrected chi connectivity index (χ2v) is 7.59. The lowest BCUT2D eigenvalue weighted by molar-refractivity contribution is 0.111. The van der Waals surface area contributed by atoms with Gasteiger partial charge in [0.05, 0.1) is 0 Å². The van der Waals surface area contributed by atoms with E-state index in [1.54, 1.807) is 0 Å². The van der Waals surface area contributed by atoms with Crippen LogP contribution >= 0.6 is 0 Å². The Balaban J connectivity index is 1.66. The van der Waals surface area contributed by atoms with Crippen molar-refractivity contribution in [2.45, 2.75) is 58.0 Å². The SMILES string of the molecule is CC1(C)CCCC1N1CCCNC(Cc2ccccc2)C1. The summed E-state index contributed by atoms with van der Waals surface area (Å²) in [6, 6.07) is 12.3. The van der Waals surface area contributed by atoms with Crippen molar-refractivity contribution in [3.05, 3.63) is 35.9 Å². The zero-order chi connectivity index (χ0) is 14.7. The van der Waals surface area contributed by atoms with Crippen LogP contribution in [0.3, 0.4) is 0 Å². The van der Waals surface area contributed by atoms with Crippen molar-refractivity contribution in [3.8, 4) is 0 Å². The van der Waals surface area contributed by atoms with E-state index in [-0.39, 0.29) is 0 Å². The van der Waals surface area contributed by atoms with Gasteiger partial charge in [0.1, 0.15) is 0 Å². The Morgan fingerprint density at radius 1 is 1.19 bits per heavy atom. The molecule has 2 nitrogen and oxygen atoms in total. The highest BCUT2D eigenvalue weighted by atomic mass is 15.2. The maximum atomic E-state index is 3.77. The molecule has 0 amide bonds. The summed E-state index contributed by atoms with van der Waals surface area (Å²) in [5.41, 5.74) is 1.96. The van der Waals surface area contributed by atoms with Crippen molar-refractivity contribution in [2.24, 2.45) is 5.41 Å². The molecule has 1 N–H and O–H groups in total.